The topological polar surface area (TPSA) is 0 Å². The van der Waals surface area contributed by atoms with Crippen LogP contribution in [0, 0.1) is 18.3 Å². The van der Waals surface area contributed by atoms with Crippen LogP contribution < -0.4 is 0 Å². The summed E-state index contributed by atoms with van der Waals surface area (Å²) in [7, 11) is 0. The number of hydrogen-bond acceptors (Lipinski definition) is 0. The number of allylic oxidation sites excluding steroid dienone is 2. The quantitative estimate of drug-likeness (QED) is 0.588. The van der Waals surface area contributed by atoms with Gasteiger partial charge in [-0.1, -0.05) is 42.7 Å². The van der Waals surface area contributed by atoms with Gasteiger partial charge in [0.2, 0.25) is 0 Å². The third kappa shape index (κ3) is 1.65. The molecule has 0 bridgehead atoms. The van der Waals surface area contributed by atoms with E-state index < -0.39 is 0 Å². The highest BCUT2D eigenvalue weighted by atomic mass is 14.5. The van der Waals surface area contributed by atoms with Crippen LogP contribution in [0.15, 0.2) is 23.8 Å². The lowest BCUT2D eigenvalue weighted by Crippen LogP contribution is -2.29. The molecule has 4 rings (SSSR count). The van der Waals surface area contributed by atoms with Gasteiger partial charge < -0.3 is 0 Å². The molecule has 19 heavy (non-hydrogen) atoms. The first kappa shape index (κ1) is 11.8. The van der Waals surface area contributed by atoms with E-state index in [0.29, 0.717) is 5.41 Å². The van der Waals surface area contributed by atoms with Crippen molar-refractivity contribution in [2.24, 2.45) is 11.3 Å². The van der Waals surface area contributed by atoms with Gasteiger partial charge in [-0.3, -0.25) is 0 Å². The van der Waals surface area contributed by atoms with Gasteiger partial charge in [-0.2, -0.15) is 0 Å². The number of fused-ring (bicyclic) bond motifs is 4. The molecule has 1 saturated carbocycles. The van der Waals surface area contributed by atoms with E-state index in [1.807, 2.05) is 5.57 Å². The van der Waals surface area contributed by atoms with Crippen LogP contribution in [0.1, 0.15) is 62.1 Å². The van der Waals surface area contributed by atoms with E-state index >= 15 is 0 Å². The van der Waals surface area contributed by atoms with Gasteiger partial charge in [0.1, 0.15) is 0 Å². The number of rotatable bonds is 0. The fourth-order valence-corrected chi connectivity index (χ4v) is 5.03. The monoisotopic (exact) mass is 252 g/mol. The van der Waals surface area contributed by atoms with Gasteiger partial charge in [-0.05, 0) is 73.5 Å². The number of aryl methyl sites for hydroxylation is 2. The molecule has 0 aromatic heterocycles. The van der Waals surface area contributed by atoms with E-state index in [0.717, 1.165) is 5.92 Å². The standard InChI is InChI=1S/C19H24/c1-13-5-7-15-14(12-13)6-8-17-16(15)9-11-19(2)10-3-4-18(17)19/h5,7,12,18H,3-4,6,8-11H2,1-2H3/t18?,19-/m0/s1. The predicted octanol–water partition coefficient (Wildman–Crippen LogP) is 5.30. The molecule has 0 spiro atoms. The fourth-order valence-electron chi connectivity index (χ4n) is 5.03. The Kier molecular flexibility index (Phi) is 2.46. The Bertz CT molecular complexity index is 563. The van der Waals surface area contributed by atoms with Crippen molar-refractivity contribution in [1.82, 2.24) is 0 Å². The lowest BCUT2D eigenvalue weighted by molar-refractivity contribution is 0.226. The minimum absolute atomic E-state index is 0.640. The van der Waals surface area contributed by atoms with Crippen molar-refractivity contribution in [3.8, 4) is 0 Å². The molecule has 1 fully saturated rings. The van der Waals surface area contributed by atoms with Crippen LogP contribution in [0.25, 0.3) is 5.57 Å². The summed E-state index contributed by atoms with van der Waals surface area (Å²) < 4.78 is 0. The zero-order valence-corrected chi connectivity index (χ0v) is 12.3. The van der Waals surface area contributed by atoms with Crippen molar-refractivity contribution in [1.29, 1.82) is 0 Å². The van der Waals surface area contributed by atoms with E-state index in [2.05, 4.69) is 32.0 Å². The molecule has 3 aliphatic carbocycles. The highest BCUT2D eigenvalue weighted by Gasteiger charge is 2.44. The Morgan fingerprint density at radius 3 is 2.89 bits per heavy atom. The molecule has 0 aliphatic heterocycles. The molecule has 2 atom stereocenters. The van der Waals surface area contributed by atoms with Crippen LogP contribution >= 0.6 is 0 Å². The van der Waals surface area contributed by atoms with Crippen LogP contribution in [0.3, 0.4) is 0 Å². The van der Waals surface area contributed by atoms with E-state index in [-0.39, 0.29) is 0 Å². The van der Waals surface area contributed by atoms with Gasteiger partial charge in [-0.15, -0.1) is 0 Å². The average molecular weight is 252 g/mol. The van der Waals surface area contributed by atoms with Crippen molar-refractivity contribution in [3.05, 3.63) is 40.5 Å². The molecule has 3 aliphatic rings. The molecule has 100 valence electrons. The zero-order valence-electron chi connectivity index (χ0n) is 12.3. The Balaban J connectivity index is 1.84. The smallest absolute Gasteiger partial charge is 0.0143 e. The third-order valence-electron chi connectivity index (χ3n) is 6.09. The van der Waals surface area contributed by atoms with E-state index in [4.69, 9.17) is 0 Å². The summed E-state index contributed by atoms with van der Waals surface area (Å²) in [4.78, 5) is 0. The highest BCUT2D eigenvalue weighted by molar-refractivity contribution is 5.75. The molecule has 0 radical (unpaired) electrons. The van der Waals surface area contributed by atoms with Crippen molar-refractivity contribution in [2.75, 3.05) is 0 Å². The lowest BCUT2D eigenvalue weighted by atomic mass is 9.63. The average Bonchev–Trinajstić information content (AvgIpc) is 2.79. The summed E-state index contributed by atoms with van der Waals surface area (Å²) in [5.74, 6) is 0.908. The van der Waals surface area contributed by atoms with Crippen molar-refractivity contribution < 1.29 is 0 Å². The minimum atomic E-state index is 0.640. The Hall–Kier alpha value is -1.04. The van der Waals surface area contributed by atoms with Crippen LogP contribution in [-0.2, 0) is 6.42 Å². The second-order valence-corrected chi connectivity index (χ2v) is 7.26. The maximum absolute atomic E-state index is 2.55. The molecule has 0 N–H and O–H groups in total. The van der Waals surface area contributed by atoms with Gasteiger partial charge in [0.25, 0.3) is 0 Å². The molecule has 0 heteroatoms. The predicted molar refractivity (Wildman–Crippen MR) is 81.1 cm³/mol. The fraction of sp³-hybridized carbons (Fsp3) is 0.579. The summed E-state index contributed by atoms with van der Waals surface area (Å²) in [5.41, 5.74) is 8.86. The van der Waals surface area contributed by atoms with Crippen LogP contribution in [-0.4, -0.2) is 0 Å². The van der Waals surface area contributed by atoms with Crippen molar-refractivity contribution in [2.45, 2.75) is 58.8 Å². The first-order valence-electron chi connectivity index (χ1n) is 7.99. The van der Waals surface area contributed by atoms with Gasteiger partial charge in [0.05, 0.1) is 0 Å². The minimum Gasteiger partial charge on any atom is -0.0624 e. The third-order valence-corrected chi connectivity index (χ3v) is 6.09. The second kappa shape index (κ2) is 3.98. The van der Waals surface area contributed by atoms with Crippen molar-refractivity contribution in [3.63, 3.8) is 0 Å². The molecule has 0 saturated heterocycles. The van der Waals surface area contributed by atoms with Crippen LogP contribution in [0.4, 0.5) is 0 Å². The summed E-state index contributed by atoms with van der Waals surface area (Å²) in [6.45, 7) is 4.78. The summed E-state index contributed by atoms with van der Waals surface area (Å²) in [6, 6.07) is 7.12. The van der Waals surface area contributed by atoms with E-state index in [1.54, 1.807) is 16.7 Å². The van der Waals surface area contributed by atoms with Gasteiger partial charge in [0.15, 0.2) is 0 Å². The molecular weight excluding hydrogens is 228 g/mol. The lowest BCUT2D eigenvalue weighted by Gasteiger charge is -2.42. The van der Waals surface area contributed by atoms with Gasteiger partial charge >= 0.3 is 0 Å². The summed E-state index contributed by atoms with van der Waals surface area (Å²) in [5, 5.41) is 0. The zero-order chi connectivity index (χ0) is 13.0. The maximum atomic E-state index is 2.55. The molecule has 0 nitrogen and oxygen atoms in total. The SMILES string of the molecule is Cc1ccc2c(c1)CCC1=C2CC[C@]2(C)CCCC12. The molecule has 1 unspecified atom stereocenters. The maximum Gasteiger partial charge on any atom is -0.0143 e. The first-order valence-corrected chi connectivity index (χ1v) is 7.99. The summed E-state index contributed by atoms with van der Waals surface area (Å²) in [6.07, 6.45) is 9.75. The van der Waals surface area contributed by atoms with E-state index in [9.17, 15) is 0 Å². The molecule has 0 amide bonds. The van der Waals surface area contributed by atoms with Gasteiger partial charge in [0, 0.05) is 0 Å². The number of hydrogen-bond donors (Lipinski definition) is 0. The highest BCUT2D eigenvalue weighted by Crippen LogP contribution is 2.57. The Morgan fingerprint density at radius 2 is 2.00 bits per heavy atom. The summed E-state index contributed by atoms with van der Waals surface area (Å²) >= 11 is 0. The Labute approximate surface area is 116 Å². The van der Waals surface area contributed by atoms with Crippen LogP contribution in [0.2, 0.25) is 0 Å². The normalized spacial score (nSPS) is 32.8. The molecule has 1 aromatic rings. The Morgan fingerprint density at radius 1 is 1.11 bits per heavy atom. The van der Waals surface area contributed by atoms with Crippen LogP contribution in [0.5, 0.6) is 0 Å². The first-order chi connectivity index (χ1) is 9.17. The second-order valence-electron chi connectivity index (χ2n) is 7.26. The van der Waals surface area contributed by atoms with E-state index in [1.165, 1.54) is 50.5 Å². The molecule has 0 heterocycles. The van der Waals surface area contributed by atoms with Gasteiger partial charge in [-0.25, -0.2) is 0 Å². The molecular formula is C19H24. The number of benzene rings is 1. The van der Waals surface area contributed by atoms with Crippen molar-refractivity contribution >= 4 is 5.57 Å². The largest absolute Gasteiger partial charge is 0.0624 e. The molecule has 1 aromatic carbocycles.